The van der Waals surface area contributed by atoms with Crippen LogP contribution in [0.1, 0.15) is 62.2 Å². The lowest BCUT2D eigenvalue weighted by molar-refractivity contribution is -0.0891. The van der Waals surface area contributed by atoms with E-state index in [2.05, 4.69) is 4.74 Å². The van der Waals surface area contributed by atoms with E-state index in [4.69, 9.17) is 11.6 Å². The summed E-state index contributed by atoms with van der Waals surface area (Å²) in [7, 11) is -3.36. The molecular weight excluding hydrogens is 547 g/mol. The summed E-state index contributed by atoms with van der Waals surface area (Å²) in [6.07, 6.45) is 0.381. The number of hydrogen-bond acceptors (Lipinski definition) is 5. The average molecular weight is 579 g/mol. The second kappa shape index (κ2) is 12.6. The Bertz CT molecular complexity index is 996. The van der Waals surface area contributed by atoms with Gasteiger partial charge in [-0.25, -0.2) is 17.2 Å². The monoisotopic (exact) mass is 578 g/mol. The molecular formula is C23H32Cl2F4N2O4S. The first kappa shape index (κ1) is 31.1. The van der Waals surface area contributed by atoms with Gasteiger partial charge in [0.05, 0.1) is 11.3 Å². The molecule has 1 heterocycles. The van der Waals surface area contributed by atoms with Crippen molar-refractivity contribution in [3.63, 3.8) is 0 Å². The smallest absolute Gasteiger partial charge is 0.387 e. The van der Waals surface area contributed by atoms with Crippen molar-refractivity contribution >= 4 is 39.8 Å². The number of carbonyl (C=O) groups is 1. The lowest BCUT2D eigenvalue weighted by Crippen LogP contribution is -2.60. The zero-order chi connectivity index (χ0) is 25.9. The maximum atomic E-state index is 14.0. The minimum absolute atomic E-state index is 0. The van der Waals surface area contributed by atoms with Crippen LogP contribution in [0.25, 0.3) is 0 Å². The summed E-state index contributed by atoms with van der Waals surface area (Å²) in [5.74, 6) is -3.49. The lowest BCUT2D eigenvalue weighted by Gasteiger charge is -2.51. The summed E-state index contributed by atoms with van der Waals surface area (Å²) in [5.41, 5.74) is -0.741. The van der Waals surface area contributed by atoms with E-state index in [1.165, 1.54) is 16.4 Å². The van der Waals surface area contributed by atoms with Gasteiger partial charge in [-0.3, -0.25) is 9.69 Å². The van der Waals surface area contributed by atoms with Crippen molar-refractivity contribution in [2.75, 3.05) is 31.9 Å². The summed E-state index contributed by atoms with van der Waals surface area (Å²) in [6, 6.07) is 3.87. The van der Waals surface area contributed by atoms with Gasteiger partial charge in [0.15, 0.2) is 5.78 Å². The van der Waals surface area contributed by atoms with Crippen molar-refractivity contribution < 1.29 is 35.5 Å². The van der Waals surface area contributed by atoms with Gasteiger partial charge in [0.1, 0.15) is 5.75 Å². The van der Waals surface area contributed by atoms with Crippen LogP contribution >= 0.6 is 24.0 Å². The number of nitrogens with zero attached hydrogens (tertiary/aromatic N) is 2. The van der Waals surface area contributed by atoms with Crippen LogP contribution in [-0.2, 0) is 10.0 Å². The highest BCUT2D eigenvalue weighted by atomic mass is 35.5. The maximum Gasteiger partial charge on any atom is 0.387 e. The molecule has 1 saturated carbocycles. The van der Waals surface area contributed by atoms with Gasteiger partial charge in [-0.2, -0.15) is 13.1 Å². The van der Waals surface area contributed by atoms with Gasteiger partial charge in [0.25, 0.3) is 0 Å². The molecule has 2 fully saturated rings. The van der Waals surface area contributed by atoms with Crippen LogP contribution in [0.15, 0.2) is 18.2 Å². The van der Waals surface area contributed by atoms with Crippen LogP contribution in [0.3, 0.4) is 0 Å². The Labute approximate surface area is 220 Å². The highest BCUT2D eigenvalue weighted by molar-refractivity contribution is 7.89. The molecule has 1 aromatic rings. The Balaban J connectivity index is 0.00000456. The molecule has 0 bridgehead atoms. The fourth-order valence-electron chi connectivity index (χ4n) is 5.03. The van der Waals surface area contributed by atoms with E-state index in [1.54, 1.807) is 6.92 Å². The Morgan fingerprint density at radius 3 is 2.28 bits per heavy atom. The van der Waals surface area contributed by atoms with Gasteiger partial charge in [0.2, 0.25) is 15.9 Å². The molecule has 3 rings (SSSR count). The number of benzene rings is 1. The number of sulfonamides is 1. The van der Waals surface area contributed by atoms with Crippen LogP contribution in [0, 0.1) is 0 Å². The van der Waals surface area contributed by atoms with Crippen LogP contribution in [0.4, 0.5) is 17.6 Å². The lowest BCUT2D eigenvalue weighted by atomic mass is 9.74. The van der Waals surface area contributed by atoms with Crippen molar-refractivity contribution in [2.24, 2.45) is 0 Å². The molecule has 36 heavy (non-hydrogen) atoms. The fourth-order valence-corrected chi connectivity index (χ4v) is 6.69. The number of alkyl halides is 4. The minimum atomic E-state index is -3.36. The van der Waals surface area contributed by atoms with E-state index in [0.717, 1.165) is 6.07 Å². The predicted octanol–water partition coefficient (Wildman–Crippen LogP) is 5.63. The minimum Gasteiger partial charge on any atom is -0.434 e. The second-order valence-corrected chi connectivity index (χ2v) is 11.7. The molecule has 1 aromatic carbocycles. The van der Waals surface area contributed by atoms with Gasteiger partial charge in [-0.05, 0) is 43.9 Å². The second-order valence-electron chi connectivity index (χ2n) is 9.22. The van der Waals surface area contributed by atoms with Crippen molar-refractivity contribution in [1.82, 2.24) is 9.21 Å². The molecule has 0 unspecified atom stereocenters. The maximum absolute atomic E-state index is 14.0. The quantitative estimate of drug-likeness (QED) is 0.266. The highest BCUT2D eigenvalue weighted by Gasteiger charge is 2.47. The normalized spacial score (nSPS) is 20.6. The number of ether oxygens (including phenoxy) is 1. The molecule has 0 N–H and O–H groups in total. The Hall–Kier alpha value is -1.14. The number of halogens is 6. The number of ketones is 1. The van der Waals surface area contributed by atoms with Gasteiger partial charge in [0, 0.05) is 56.0 Å². The molecule has 6 nitrogen and oxygen atoms in total. The number of piperazine rings is 1. The Morgan fingerprint density at radius 1 is 1.11 bits per heavy atom. The van der Waals surface area contributed by atoms with E-state index < -0.39 is 33.9 Å². The van der Waals surface area contributed by atoms with Crippen molar-refractivity contribution in [2.45, 2.75) is 69.9 Å². The third kappa shape index (κ3) is 7.69. The third-order valence-corrected chi connectivity index (χ3v) is 9.27. The number of hydrogen-bond donors (Lipinski definition) is 0. The molecule has 0 amide bonds. The summed E-state index contributed by atoms with van der Waals surface area (Å²) in [6.45, 7) is -0.0596. The Kier molecular flexibility index (Phi) is 10.9. The van der Waals surface area contributed by atoms with E-state index in [9.17, 15) is 30.8 Å². The summed E-state index contributed by atoms with van der Waals surface area (Å²) >= 11 is 5.86. The van der Waals surface area contributed by atoms with Crippen molar-refractivity contribution in [3.05, 3.63) is 28.8 Å². The highest BCUT2D eigenvalue weighted by Crippen LogP contribution is 2.44. The molecule has 13 heteroatoms. The van der Waals surface area contributed by atoms with Crippen LogP contribution in [0.5, 0.6) is 5.75 Å². The number of rotatable bonds is 10. The zero-order valence-electron chi connectivity index (χ0n) is 20.0. The standard InChI is InChI=1S/C23H31ClF4N2O4S.ClH/c1-2-15-35(32,33)30-13-11-29(12-14-30)22(7-9-23(27,28)10-8-22)6-5-19(31)18-4-3-17(24)16-20(18)34-21(25)26;/h3-4,16,21H,2,5-15H2,1H3;1H. The van der Waals surface area contributed by atoms with Gasteiger partial charge in [-0.15, -0.1) is 12.4 Å². The van der Waals surface area contributed by atoms with Crippen LogP contribution in [0.2, 0.25) is 5.02 Å². The van der Waals surface area contributed by atoms with Crippen LogP contribution in [-0.4, -0.2) is 73.4 Å². The first-order chi connectivity index (χ1) is 16.4. The van der Waals surface area contributed by atoms with Gasteiger partial charge < -0.3 is 4.74 Å². The molecule has 0 radical (unpaired) electrons. The molecule has 0 atom stereocenters. The van der Waals surface area contributed by atoms with E-state index in [1.807, 2.05) is 4.90 Å². The van der Waals surface area contributed by atoms with E-state index in [-0.39, 0.29) is 86.1 Å². The topological polar surface area (TPSA) is 66.9 Å². The largest absolute Gasteiger partial charge is 0.434 e. The van der Waals surface area contributed by atoms with Crippen LogP contribution < -0.4 is 4.74 Å². The van der Waals surface area contributed by atoms with Crippen molar-refractivity contribution in [1.29, 1.82) is 0 Å². The third-order valence-electron chi connectivity index (χ3n) is 6.95. The van der Waals surface area contributed by atoms with Gasteiger partial charge >= 0.3 is 6.61 Å². The molecule has 0 aromatic heterocycles. The molecule has 2 aliphatic rings. The summed E-state index contributed by atoms with van der Waals surface area (Å²) in [4.78, 5) is 15.0. The summed E-state index contributed by atoms with van der Waals surface area (Å²) < 4.78 is 84.4. The number of Topliss-reactive ketones (excluding diaryl/α,β-unsaturated/α-hetero) is 1. The van der Waals surface area contributed by atoms with E-state index >= 15 is 0 Å². The molecule has 1 aliphatic carbocycles. The first-order valence-corrected chi connectivity index (χ1v) is 13.7. The number of carbonyl (C=O) groups excluding carboxylic acids is 1. The molecule has 206 valence electrons. The zero-order valence-corrected chi connectivity index (χ0v) is 22.4. The average Bonchev–Trinajstić information content (AvgIpc) is 2.78. The fraction of sp³-hybridized carbons (Fsp3) is 0.696. The first-order valence-electron chi connectivity index (χ1n) is 11.8. The molecule has 0 spiro atoms. The summed E-state index contributed by atoms with van der Waals surface area (Å²) in [5, 5.41) is 0.138. The Morgan fingerprint density at radius 2 is 1.72 bits per heavy atom. The van der Waals surface area contributed by atoms with E-state index in [0.29, 0.717) is 19.5 Å². The molecule has 1 aliphatic heterocycles. The van der Waals surface area contributed by atoms with Gasteiger partial charge in [-0.1, -0.05) is 18.5 Å². The van der Waals surface area contributed by atoms with Crippen molar-refractivity contribution in [3.8, 4) is 5.75 Å². The molecule has 1 saturated heterocycles. The predicted molar refractivity (Wildman–Crippen MR) is 132 cm³/mol. The SMILES string of the molecule is CCCS(=O)(=O)N1CCN(C2(CCC(=O)c3ccc(Cl)cc3OC(F)F)CCC(F)(F)CC2)CC1.Cl.